The summed E-state index contributed by atoms with van der Waals surface area (Å²) in [6, 6.07) is 14.1. The normalized spacial score (nSPS) is 10.2. The number of hydrogen-bond acceptors (Lipinski definition) is 2. The SMILES string of the molecule is CCCC(=O)c1ccc(-c2ccc(OF)cc2)cc1. The fourth-order valence-electron chi connectivity index (χ4n) is 1.92. The van der Waals surface area contributed by atoms with Crippen LogP contribution in [-0.2, 0) is 0 Å². The van der Waals surface area contributed by atoms with Gasteiger partial charge in [-0.15, -0.1) is 0 Å². The number of ketones is 1. The Hall–Kier alpha value is -2.16. The van der Waals surface area contributed by atoms with Crippen molar-refractivity contribution in [3.05, 3.63) is 54.1 Å². The first-order valence-corrected chi connectivity index (χ1v) is 6.27. The predicted molar refractivity (Wildman–Crippen MR) is 72.9 cm³/mol. The number of carbonyl (C=O) groups excluding carboxylic acids is 1. The Morgan fingerprint density at radius 1 is 1.00 bits per heavy atom. The van der Waals surface area contributed by atoms with Crippen molar-refractivity contribution in [1.82, 2.24) is 0 Å². The van der Waals surface area contributed by atoms with Crippen LogP contribution in [-0.4, -0.2) is 5.78 Å². The van der Waals surface area contributed by atoms with Crippen LogP contribution in [0.3, 0.4) is 0 Å². The van der Waals surface area contributed by atoms with Crippen LogP contribution in [0.4, 0.5) is 4.53 Å². The zero-order valence-electron chi connectivity index (χ0n) is 10.7. The highest BCUT2D eigenvalue weighted by molar-refractivity contribution is 5.96. The first-order valence-electron chi connectivity index (χ1n) is 6.27. The summed E-state index contributed by atoms with van der Waals surface area (Å²) in [7, 11) is 0. The minimum absolute atomic E-state index is 0.162. The van der Waals surface area contributed by atoms with Crippen LogP contribution in [0.25, 0.3) is 11.1 Å². The van der Waals surface area contributed by atoms with Crippen molar-refractivity contribution in [3.63, 3.8) is 0 Å². The highest BCUT2D eigenvalue weighted by Crippen LogP contribution is 2.23. The van der Waals surface area contributed by atoms with Crippen LogP contribution >= 0.6 is 0 Å². The fourth-order valence-corrected chi connectivity index (χ4v) is 1.92. The van der Waals surface area contributed by atoms with E-state index in [1.54, 1.807) is 24.3 Å². The van der Waals surface area contributed by atoms with E-state index in [0.717, 1.165) is 23.1 Å². The van der Waals surface area contributed by atoms with Gasteiger partial charge in [0, 0.05) is 16.5 Å². The summed E-state index contributed by atoms with van der Waals surface area (Å²) < 4.78 is 11.9. The van der Waals surface area contributed by atoms with Crippen molar-refractivity contribution in [2.75, 3.05) is 0 Å². The molecule has 0 aliphatic heterocycles. The molecule has 98 valence electrons. The molecular weight excluding hydrogens is 243 g/mol. The molecule has 0 amide bonds. The van der Waals surface area contributed by atoms with E-state index in [0.29, 0.717) is 6.42 Å². The zero-order chi connectivity index (χ0) is 13.7. The Kier molecular flexibility index (Phi) is 4.29. The number of carbonyl (C=O) groups is 1. The van der Waals surface area contributed by atoms with Gasteiger partial charge < -0.3 is 0 Å². The molecule has 2 aromatic rings. The van der Waals surface area contributed by atoms with Gasteiger partial charge in [0.25, 0.3) is 0 Å². The minimum Gasteiger partial charge on any atom is -0.294 e. The molecule has 2 aromatic carbocycles. The molecule has 19 heavy (non-hydrogen) atoms. The molecule has 0 aliphatic rings. The van der Waals surface area contributed by atoms with Crippen LogP contribution in [0.2, 0.25) is 0 Å². The maximum absolute atomic E-state index is 11.9. The third-order valence-electron chi connectivity index (χ3n) is 2.96. The lowest BCUT2D eigenvalue weighted by Crippen LogP contribution is -1.97. The van der Waals surface area contributed by atoms with Crippen molar-refractivity contribution in [1.29, 1.82) is 0 Å². The largest absolute Gasteiger partial charge is 0.294 e. The molecule has 2 nitrogen and oxygen atoms in total. The van der Waals surface area contributed by atoms with Gasteiger partial charge in [0.05, 0.1) is 0 Å². The standard InChI is InChI=1S/C16H15FO2/c1-2-3-16(18)14-6-4-12(5-7-14)13-8-10-15(19-17)11-9-13/h4-11H,2-3H2,1H3. The van der Waals surface area contributed by atoms with Crippen LogP contribution in [0, 0.1) is 0 Å². The van der Waals surface area contributed by atoms with Crippen LogP contribution < -0.4 is 4.94 Å². The monoisotopic (exact) mass is 258 g/mol. The summed E-state index contributed by atoms with van der Waals surface area (Å²) in [6.07, 6.45) is 1.42. The van der Waals surface area contributed by atoms with Crippen molar-refractivity contribution in [2.24, 2.45) is 0 Å². The lowest BCUT2D eigenvalue weighted by atomic mass is 10.0. The molecule has 0 bridgehead atoms. The van der Waals surface area contributed by atoms with E-state index < -0.39 is 0 Å². The van der Waals surface area contributed by atoms with E-state index in [1.165, 1.54) is 0 Å². The van der Waals surface area contributed by atoms with Gasteiger partial charge >= 0.3 is 0 Å². The van der Waals surface area contributed by atoms with E-state index in [2.05, 4.69) is 4.94 Å². The molecule has 0 aromatic heterocycles. The molecule has 3 heteroatoms. The summed E-state index contributed by atoms with van der Waals surface area (Å²) in [5.41, 5.74) is 2.67. The van der Waals surface area contributed by atoms with Crippen molar-refractivity contribution in [2.45, 2.75) is 19.8 Å². The molecule has 0 heterocycles. The topological polar surface area (TPSA) is 26.3 Å². The highest BCUT2D eigenvalue weighted by Gasteiger charge is 2.05. The lowest BCUT2D eigenvalue weighted by Gasteiger charge is -2.04. The fraction of sp³-hybridized carbons (Fsp3) is 0.188. The van der Waals surface area contributed by atoms with E-state index in [1.807, 2.05) is 31.2 Å². The molecule has 0 saturated heterocycles. The third kappa shape index (κ3) is 3.19. The van der Waals surface area contributed by atoms with E-state index in [-0.39, 0.29) is 11.5 Å². The quantitative estimate of drug-likeness (QED) is 0.732. The van der Waals surface area contributed by atoms with E-state index in [9.17, 15) is 9.32 Å². The lowest BCUT2D eigenvalue weighted by molar-refractivity contribution is -0.00618. The van der Waals surface area contributed by atoms with E-state index in [4.69, 9.17) is 0 Å². The molecule has 2 rings (SSSR count). The number of halogens is 1. The van der Waals surface area contributed by atoms with Gasteiger partial charge in [-0.2, -0.15) is 0 Å². The Labute approximate surface area is 111 Å². The first kappa shape index (κ1) is 13.3. The molecule has 0 radical (unpaired) electrons. The summed E-state index contributed by atoms with van der Waals surface area (Å²) >= 11 is 0. The highest BCUT2D eigenvalue weighted by atomic mass is 19.3. The number of hydrogen-bond donors (Lipinski definition) is 0. The Balaban J connectivity index is 2.19. The van der Waals surface area contributed by atoms with Gasteiger partial charge in [0.1, 0.15) is 0 Å². The second kappa shape index (κ2) is 6.14. The summed E-state index contributed by atoms with van der Waals surface area (Å²) in [6.45, 7) is 1.99. The number of benzene rings is 2. The second-order valence-electron chi connectivity index (χ2n) is 4.35. The van der Waals surface area contributed by atoms with Gasteiger partial charge in [0.15, 0.2) is 11.5 Å². The molecular formula is C16H15FO2. The third-order valence-corrected chi connectivity index (χ3v) is 2.96. The molecule has 0 spiro atoms. The molecule has 0 atom stereocenters. The molecule has 0 N–H and O–H groups in total. The zero-order valence-corrected chi connectivity index (χ0v) is 10.7. The van der Waals surface area contributed by atoms with Crippen LogP contribution in [0.15, 0.2) is 48.5 Å². The summed E-state index contributed by atoms with van der Waals surface area (Å²) in [4.78, 5) is 15.4. The molecule has 0 saturated carbocycles. The maximum Gasteiger partial charge on any atom is 0.171 e. The van der Waals surface area contributed by atoms with Gasteiger partial charge in [-0.05, 0) is 29.7 Å². The van der Waals surface area contributed by atoms with Crippen LogP contribution in [0.5, 0.6) is 5.75 Å². The molecule has 0 aliphatic carbocycles. The van der Waals surface area contributed by atoms with E-state index >= 15 is 0 Å². The smallest absolute Gasteiger partial charge is 0.171 e. The van der Waals surface area contributed by atoms with Gasteiger partial charge in [0.2, 0.25) is 0 Å². The average Bonchev–Trinajstić information content (AvgIpc) is 2.48. The molecule has 0 fully saturated rings. The second-order valence-corrected chi connectivity index (χ2v) is 4.35. The number of Topliss-reactive ketones (excluding diaryl/α,β-unsaturated/α-hetero) is 1. The maximum atomic E-state index is 11.9. The first-order chi connectivity index (χ1) is 9.24. The number of rotatable bonds is 5. The summed E-state index contributed by atoms with van der Waals surface area (Å²) in [5, 5.41) is 0. The van der Waals surface area contributed by atoms with Crippen molar-refractivity contribution in [3.8, 4) is 16.9 Å². The van der Waals surface area contributed by atoms with Crippen molar-refractivity contribution >= 4 is 5.78 Å². The average molecular weight is 258 g/mol. The van der Waals surface area contributed by atoms with Gasteiger partial charge in [-0.25, -0.2) is 0 Å². The molecule has 0 unspecified atom stereocenters. The minimum atomic E-state index is 0.162. The van der Waals surface area contributed by atoms with Gasteiger partial charge in [-0.1, -0.05) is 43.3 Å². The van der Waals surface area contributed by atoms with Gasteiger partial charge in [-0.3, -0.25) is 9.74 Å². The van der Waals surface area contributed by atoms with Crippen LogP contribution in [0.1, 0.15) is 30.1 Å². The summed E-state index contributed by atoms with van der Waals surface area (Å²) in [5.74, 6) is 0.341. The Morgan fingerprint density at radius 2 is 1.53 bits per heavy atom. The Bertz CT molecular complexity index is 544. The Morgan fingerprint density at radius 3 is 2.00 bits per heavy atom. The van der Waals surface area contributed by atoms with Crippen molar-refractivity contribution < 1.29 is 14.3 Å². The predicted octanol–water partition coefficient (Wildman–Crippen LogP) is 4.60.